The Kier molecular flexibility index (Phi) is 4.45. The van der Waals surface area contributed by atoms with Gasteiger partial charge < -0.3 is 5.32 Å². The number of hydrogen-bond donors (Lipinski definition) is 1. The number of nitrogens with one attached hydrogen (secondary N) is 1. The van der Waals surface area contributed by atoms with Crippen LogP contribution in [0.2, 0.25) is 5.02 Å². The van der Waals surface area contributed by atoms with Gasteiger partial charge in [-0.2, -0.15) is 0 Å². The largest absolute Gasteiger partial charge is 0.322 e. The first-order valence-electron chi connectivity index (χ1n) is 7.36. The molecule has 0 fully saturated rings. The molecule has 3 aromatic rings. The van der Waals surface area contributed by atoms with Crippen LogP contribution in [0.25, 0.3) is 16.8 Å². The second-order valence-electron chi connectivity index (χ2n) is 5.35. The minimum Gasteiger partial charge on any atom is -0.322 e. The van der Waals surface area contributed by atoms with Gasteiger partial charge in [0.1, 0.15) is 0 Å². The standard InChI is InChI=1S/C20H16ClNO/c1-14-9-11-17(13-19(14)21)22-20(23)12-10-16-7-4-6-15-5-2-3-8-18(15)16/h2-13H,1H3,(H,22,23). The number of hydrogen-bond acceptors (Lipinski definition) is 1. The SMILES string of the molecule is Cc1ccc(NC(=O)C=Cc2cccc3ccccc23)cc1Cl. The topological polar surface area (TPSA) is 29.1 Å². The van der Waals surface area contributed by atoms with Crippen molar-refractivity contribution in [3.8, 4) is 0 Å². The summed E-state index contributed by atoms with van der Waals surface area (Å²) in [5, 5.41) is 5.73. The molecule has 0 heterocycles. The van der Waals surface area contributed by atoms with Gasteiger partial charge in [-0.15, -0.1) is 0 Å². The van der Waals surface area contributed by atoms with Gasteiger partial charge in [0, 0.05) is 16.8 Å². The van der Waals surface area contributed by atoms with Crippen LogP contribution in [0.4, 0.5) is 5.69 Å². The van der Waals surface area contributed by atoms with Crippen molar-refractivity contribution in [1.82, 2.24) is 0 Å². The molecule has 0 spiro atoms. The first-order valence-corrected chi connectivity index (χ1v) is 7.74. The van der Waals surface area contributed by atoms with Crippen molar-refractivity contribution in [2.75, 3.05) is 5.32 Å². The number of carbonyl (C=O) groups is 1. The number of carbonyl (C=O) groups excluding carboxylic acids is 1. The fourth-order valence-corrected chi connectivity index (χ4v) is 2.60. The average Bonchev–Trinajstić information content (AvgIpc) is 2.56. The molecule has 0 aliphatic rings. The average molecular weight is 322 g/mol. The van der Waals surface area contributed by atoms with E-state index in [4.69, 9.17) is 11.6 Å². The van der Waals surface area contributed by atoms with Crippen molar-refractivity contribution < 1.29 is 4.79 Å². The monoisotopic (exact) mass is 321 g/mol. The van der Waals surface area contributed by atoms with Crippen molar-refractivity contribution >= 4 is 40.0 Å². The molecule has 0 radical (unpaired) electrons. The molecule has 0 aliphatic heterocycles. The minimum absolute atomic E-state index is 0.183. The van der Waals surface area contributed by atoms with Gasteiger partial charge in [-0.25, -0.2) is 0 Å². The lowest BCUT2D eigenvalue weighted by molar-refractivity contribution is -0.111. The molecule has 3 rings (SSSR count). The number of anilines is 1. The predicted octanol–water partition coefficient (Wildman–Crippen LogP) is 5.45. The number of fused-ring (bicyclic) bond motifs is 1. The van der Waals surface area contributed by atoms with Crippen LogP contribution in [0.1, 0.15) is 11.1 Å². The number of halogens is 1. The Morgan fingerprint density at radius 3 is 2.65 bits per heavy atom. The summed E-state index contributed by atoms with van der Waals surface area (Å²) >= 11 is 6.07. The van der Waals surface area contributed by atoms with Gasteiger partial charge >= 0.3 is 0 Å². The second kappa shape index (κ2) is 6.67. The molecular weight excluding hydrogens is 306 g/mol. The van der Waals surface area contributed by atoms with Gasteiger partial charge in [0.15, 0.2) is 0 Å². The van der Waals surface area contributed by atoms with Crippen molar-refractivity contribution in [2.24, 2.45) is 0 Å². The molecule has 2 nitrogen and oxygen atoms in total. The lowest BCUT2D eigenvalue weighted by Crippen LogP contribution is -2.07. The summed E-state index contributed by atoms with van der Waals surface area (Å²) in [6, 6.07) is 19.6. The molecule has 0 aromatic heterocycles. The highest BCUT2D eigenvalue weighted by Gasteiger charge is 2.02. The molecule has 1 amide bonds. The Balaban J connectivity index is 1.78. The fourth-order valence-electron chi connectivity index (χ4n) is 2.42. The summed E-state index contributed by atoms with van der Waals surface area (Å²) in [7, 11) is 0. The summed E-state index contributed by atoms with van der Waals surface area (Å²) in [4.78, 5) is 12.1. The zero-order valence-corrected chi connectivity index (χ0v) is 13.5. The van der Waals surface area contributed by atoms with E-state index in [2.05, 4.69) is 17.4 Å². The van der Waals surface area contributed by atoms with Gasteiger partial charge in [0.05, 0.1) is 0 Å². The van der Waals surface area contributed by atoms with Crippen LogP contribution in [-0.2, 0) is 4.79 Å². The molecule has 3 aromatic carbocycles. The van der Waals surface area contributed by atoms with Crippen molar-refractivity contribution in [2.45, 2.75) is 6.92 Å². The van der Waals surface area contributed by atoms with Crippen molar-refractivity contribution in [1.29, 1.82) is 0 Å². The third-order valence-corrected chi connectivity index (χ3v) is 4.08. The highest BCUT2D eigenvalue weighted by Crippen LogP contribution is 2.21. The van der Waals surface area contributed by atoms with Gasteiger partial charge in [0.25, 0.3) is 0 Å². The van der Waals surface area contributed by atoms with Crippen LogP contribution < -0.4 is 5.32 Å². The van der Waals surface area contributed by atoms with Gasteiger partial charge in [-0.05, 0) is 47.0 Å². The molecular formula is C20H16ClNO. The Labute approximate surface area is 140 Å². The molecule has 0 aliphatic carbocycles. The molecule has 0 atom stereocenters. The van der Waals surface area contributed by atoms with Crippen LogP contribution in [-0.4, -0.2) is 5.91 Å². The number of aryl methyl sites for hydroxylation is 1. The van der Waals surface area contributed by atoms with E-state index < -0.39 is 0 Å². The molecule has 0 saturated carbocycles. The molecule has 0 saturated heterocycles. The van der Waals surface area contributed by atoms with Crippen molar-refractivity contribution in [3.63, 3.8) is 0 Å². The Morgan fingerprint density at radius 1 is 1.04 bits per heavy atom. The smallest absolute Gasteiger partial charge is 0.248 e. The Hall–Kier alpha value is -2.58. The van der Waals surface area contributed by atoms with E-state index in [1.807, 2.05) is 55.5 Å². The van der Waals surface area contributed by atoms with E-state index >= 15 is 0 Å². The number of benzene rings is 3. The number of rotatable bonds is 3. The lowest BCUT2D eigenvalue weighted by Gasteiger charge is -2.05. The fraction of sp³-hybridized carbons (Fsp3) is 0.0500. The van der Waals surface area contributed by atoms with Crippen LogP contribution in [0, 0.1) is 6.92 Å². The van der Waals surface area contributed by atoms with Crippen LogP contribution >= 0.6 is 11.6 Å². The van der Waals surface area contributed by atoms with Gasteiger partial charge in [-0.1, -0.05) is 60.1 Å². The molecule has 3 heteroatoms. The third-order valence-electron chi connectivity index (χ3n) is 3.68. The summed E-state index contributed by atoms with van der Waals surface area (Å²) < 4.78 is 0. The van der Waals surface area contributed by atoms with E-state index in [0.717, 1.165) is 21.9 Å². The van der Waals surface area contributed by atoms with Gasteiger partial charge in [0.2, 0.25) is 5.91 Å². The zero-order valence-electron chi connectivity index (χ0n) is 12.7. The minimum atomic E-state index is -0.183. The first kappa shape index (κ1) is 15.3. The quantitative estimate of drug-likeness (QED) is 0.638. The van der Waals surface area contributed by atoms with Crippen LogP contribution in [0.15, 0.2) is 66.7 Å². The predicted molar refractivity (Wildman–Crippen MR) is 97.8 cm³/mol. The Bertz CT molecular complexity index is 894. The second-order valence-corrected chi connectivity index (χ2v) is 5.76. The maximum atomic E-state index is 12.1. The van der Waals surface area contributed by atoms with E-state index in [1.54, 1.807) is 6.07 Å². The summed E-state index contributed by atoms with van der Waals surface area (Å²) in [5.74, 6) is -0.183. The third kappa shape index (κ3) is 3.61. The van der Waals surface area contributed by atoms with E-state index in [9.17, 15) is 4.79 Å². The maximum absolute atomic E-state index is 12.1. The molecule has 0 unspecified atom stereocenters. The molecule has 1 N–H and O–H groups in total. The van der Waals surface area contributed by atoms with Crippen LogP contribution in [0.3, 0.4) is 0 Å². The Morgan fingerprint density at radius 2 is 1.83 bits per heavy atom. The molecule has 0 bridgehead atoms. The summed E-state index contributed by atoms with van der Waals surface area (Å²) in [6.07, 6.45) is 3.36. The van der Waals surface area contributed by atoms with Crippen LogP contribution in [0.5, 0.6) is 0 Å². The van der Waals surface area contributed by atoms with E-state index in [-0.39, 0.29) is 5.91 Å². The zero-order chi connectivity index (χ0) is 16.2. The summed E-state index contributed by atoms with van der Waals surface area (Å²) in [5.41, 5.74) is 2.68. The maximum Gasteiger partial charge on any atom is 0.248 e. The summed E-state index contributed by atoms with van der Waals surface area (Å²) in [6.45, 7) is 1.92. The van der Waals surface area contributed by atoms with Crippen molar-refractivity contribution in [3.05, 3.63) is 82.9 Å². The first-order chi connectivity index (χ1) is 11.1. The molecule has 114 valence electrons. The highest BCUT2D eigenvalue weighted by molar-refractivity contribution is 6.31. The van der Waals surface area contributed by atoms with E-state index in [0.29, 0.717) is 10.7 Å². The van der Waals surface area contributed by atoms with E-state index in [1.165, 1.54) is 6.08 Å². The van der Waals surface area contributed by atoms with Gasteiger partial charge in [-0.3, -0.25) is 4.79 Å². The normalized spacial score (nSPS) is 11.0. The lowest BCUT2D eigenvalue weighted by atomic mass is 10.0. The number of amides is 1. The molecule has 23 heavy (non-hydrogen) atoms. The highest BCUT2D eigenvalue weighted by atomic mass is 35.5.